The molecule has 3 rings (SSSR count). The van der Waals surface area contributed by atoms with Gasteiger partial charge in [0.1, 0.15) is 5.75 Å². The summed E-state index contributed by atoms with van der Waals surface area (Å²) in [7, 11) is 0. The van der Waals surface area contributed by atoms with Crippen LogP contribution < -0.4 is 4.74 Å². The van der Waals surface area contributed by atoms with Crippen molar-refractivity contribution in [1.29, 1.82) is 0 Å². The molecule has 0 saturated heterocycles. The third-order valence-electron chi connectivity index (χ3n) is 3.98. The number of benzene rings is 2. The maximum absolute atomic E-state index is 12.2. The van der Waals surface area contributed by atoms with Crippen molar-refractivity contribution in [3.05, 3.63) is 59.1 Å². The SMILES string of the molecule is CCn1c(SCC(O)c2ccc(OC(F)(F)F)cc2)nnc1-c1cccc(Cl)c1. The van der Waals surface area contributed by atoms with E-state index in [0.29, 0.717) is 28.1 Å². The van der Waals surface area contributed by atoms with E-state index in [0.717, 1.165) is 5.56 Å². The van der Waals surface area contributed by atoms with Crippen LogP contribution in [-0.2, 0) is 6.54 Å². The van der Waals surface area contributed by atoms with Gasteiger partial charge in [-0.15, -0.1) is 23.4 Å². The minimum absolute atomic E-state index is 0.257. The summed E-state index contributed by atoms with van der Waals surface area (Å²) in [5.41, 5.74) is 1.31. The highest BCUT2D eigenvalue weighted by atomic mass is 35.5. The summed E-state index contributed by atoms with van der Waals surface area (Å²) in [5.74, 6) is 0.589. The maximum Gasteiger partial charge on any atom is 0.573 e. The van der Waals surface area contributed by atoms with Gasteiger partial charge >= 0.3 is 6.36 Å². The van der Waals surface area contributed by atoms with Crippen LogP contribution in [0.4, 0.5) is 13.2 Å². The first-order valence-electron chi connectivity index (χ1n) is 8.62. The Bertz CT molecular complexity index is 964. The van der Waals surface area contributed by atoms with E-state index in [2.05, 4.69) is 14.9 Å². The van der Waals surface area contributed by atoms with Crippen LogP contribution >= 0.6 is 23.4 Å². The smallest absolute Gasteiger partial charge is 0.406 e. The molecule has 29 heavy (non-hydrogen) atoms. The number of halogens is 4. The van der Waals surface area contributed by atoms with Crippen molar-refractivity contribution in [3.63, 3.8) is 0 Å². The summed E-state index contributed by atoms with van der Waals surface area (Å²) in [5, 5.41) is 20.0. The highest BCUT2D eigenvalue weighted by molar-refractivity contribution is 7.99. The van der Waals surface area contributed by atoms with Crippen LogP contribution in [0.2, 0.25) is 5.02 Å². The monoisotopic (exact) mass is 443 g/mol. The maximum atomic E-state index is 12.2. The first kappa shape index (κ1) is 21.5. The van der Waals surface area contributed by atoms with Crippen molar-refractivity contribution in [2.45, 2.75) is 31.1 Å². The number of nitrogens with zero attached hydrogens (tertiary/aromatic N) is 3. The molecule has 10 heteroatoms. The van der Waals surface area contributed by atoms with Crippen molar-refractivity contribution in [2.24, 2.45) is 0 Å². The van der Waals surface area contributed by atoms with E-state index in [9.17, 15) is 18.3 Å². The lowest BCUT2D eigenvalue weighted by Crippen LogP contribution is -2.17. The summed E-state index contributed by atoms with van der Waals surface area (Å²) in [6.07, 6.45) is -5.64. The van der Waals surface area contributed by atoms with Crippen molar-refractivity contribution < 1.29 is 23.0 Å². The molecular weight excluding hydrogens is 427 g/mol. The number of thioether (sulfide) groups is 1. The summed E-state index contributed by atoms with van der Waals surface area (Å²) < 4.78 is 42.4. The number of hydrogen-bond donors (Lipinski definition) is 1. The summed E-state index contributed by atoms with van der Waals surface area (Å²) in [6, 6.07) is 12.4. The fourth-order valence-electron chi connectivity index (χ4n) is 2.66. The molecular formula is C19H17ClF3N3O2S. The Balaban J connectivity index is 1.68. The molecule has 1 unspecified atom stereocenters. The Morgan fingerprint density at radius 2 is 1.90 bits per heavy atom. The van der Waals surface area contributed by atoms with E-state index in [-0.39, 0.29) is 11.5 Å². The van der Waals surface area contributed by atoms with Gasteiger partial charge in [0, 0.05) is 22.9 Å². The Hall–Kier alpha value is -2.23. The second-order valence-corrected chi connectivity index (χ2v) is 7.43. The minimum Gasteiger partial charge on any atom is -0.406 e. The number of hydrogen-bond acceptors (Lipinski definition) is 5. The van der Waals surface area contributed by atoms with E-state index in [1.54, 1.807) is 12.1 Å². The van der Waals surface area contributed by atoms with E-state index in [4.69, 9.17) is 11.6 Å². The molecule has 1 aromatic heterocycles. The third kappa shape index (κ3) is 5.65. The van der Waals surface area contributed by atoms with Crippen LogP contribution in [0.3, 0.4) is 0 Å². The molecule has 0 bridgehead atoms. The second-order valence-electron chi connectivity index (χ2n) is 6.00. The molecule has 0 aliphatic rings. The summed E-state index contributed by atoms with van der Waals surface area (Å²) >= 11 is 7.35. The average Bonchev–Trinajstić information content (AvgIpc) is 3.08. The topological polar surface area (TPSA) is 60.2 Å². The van der Waals surface area contributed by atoms with Gasteiger partial charge in [-0.3, -0.25) is 0 Å². The molecule has 1 N–H and O–H groups in total. The molecule has 154 valence electrons. The largest absolute Gasteiger partial charge is 0.573 e. The Morgan fingerprint density at radius 1 is 1.17 bits per heavy atom. The molecule has 1 atom stereocenters. The summed E-state index contributed by atoms with van der Waals surface area (Å²) in [6.45, 7) is 2.58. The fraction of sp³-hybridized carbons (Fsp3) is 0.263. The van der Waals surface area contributed by atoms with Crippen LogP contribution in [0.15, 0.2) is 53.7 Å². The zero-order chi connectivity index (χ0) is 21.0. The van der Waals surface area contributed by atoms with Crippen molar-refractivity contribution in [2.75, 3.05) is 5.75 Å². The molecule has 0 spiro atoms. The quantitative estimate of drug-likeness (QED) is 0.499. The number of alkyl halides is 3. The number of aliphatic hydroxyl groups is 1. The average molecular weight is 444 g/mol. The van der Waals surface area contributed by atoms with Crippen molar-refractivity contribution in [1.82, 2.24) is 14.8 Å². The molecule has 5 nitrogen and oxygen atoms in total. The van der Waals surface area contributed by atoms with Gasteiger partial charge in [-0.05, 0) is 36.8 Å². The van der Waals surface area contributed by atoms with E-state index < -0.39 is 12.5 Å². The van der Waals surface area contributed by atoms with E-state index in [1.807, 2.05) is 23.6 Å². The van der Waals surface area contributed by atoms with E-state index in [1.165, 1.54) is 36.0 Å². The van der Waals surface area contributed by atoms with Crippen LogP contribution in [0.1, 0.15) is 18.6 Å². The highest BCUT2D eigenvalue weighted by Gasteiger charge is 2.31. The van der Waals surface area contributed by atoms with Crippen molar-refractivity contribution in [3.8, 4) is 17.1 Å². The van der Waals surface area contributed by atoms with Crippen LogP contribution in [0, 0.1) is 0 Å². The second kappa shape index (κ2) is 9.06. The molecule has 0 fully saturated rings. The lowest BCUT2D eigenvalue weighted by Gasteiger charge is -2.13. The van der Waals surface area contributed by atoms with Crippen LogP contribution in [0.25, 0.3) is 11.4 Å². The normalized spacial score (nSPS) is 12.8. The third-order valence-corrected chi connectivity index (χ3v) is 5.26. The number of aromatic nitrogens is 3. The number of aliphatic hydroxyl groups excluding tert-OH is 1. The van der Waals surface area contributed by atoms with Gasteiger partial charge in [0.25, 0.3) is 0 Å². The molecule has 0 amide bonds. The summed E-state index contributed by atoms with van der Waals surface area (Å²) in [4.78, 5) is 0. The zero-order valence-electron chi connectivity index (χ0n) is 15.2. The van der Waals surface area contributed by atoms with Gasteiger partial charge in [-0.25, -0.2) is 0 Å². The van der Waals surface area contributed by atoms with Crippen LogP contribution in [0.5, 0.6) is 5.75 Å². The molecule has 0 aliphatic carbocycles. The van der Waals surface area contributed by atoms with Gasteiger partial charge in [0.15, 0.2) is 11.0 Å². The molecule has 2 aromatic carbocycles. The Morgan fingerprint density at radius 3 is 2.52 bits per heavy atom. The number of ether oxygens (including phenoxy) is 1. The Kier molecular flexibility index (Phi) is 6.71. The zero-order valence-corrected chi connectivity index (χ0v) is 16.8. The first-order chi connectivity index (χ1) is 13.8. The van der Waals surface area contributed by atoms with Crippen molar-refractivity contribution >= 4 is 23.4 Å². The molecule has 1 heterocycles. The molecule has 0 saturated carbocycles. The lowest BCUT2D eigenvalue weighted by molar-refractivity contribution is -0.274. The molecule has 0 aliphatic heterocycles. The predicted molar refractivity (Wildman–Crippen MR) is 105 cm³/mol. The number of rotatable bonds is 7. The molecule has 3 aromatic rings. The van der Waals surface area contributed by atoms with Gasteiger partial charge in [-0.2, -0.15) is 0 Å². The van der Waals surface area contributed by atoms with Gasteiger partial charge in [0.2, 0.25) is 0 Å². The highest BCUT2D eigenvalue weighted by Crippen LogP contribution is 2.29. The first-order valence-corrected chi connectivity index (χ1v) is 9.99. The Labute approximate surface area is 174 Å². The lowest BCUT2D eigenvalue weighted by atomic mass is 10.1. The minimum atomic E-state index is -4.75. The standard InChI is InChI=1S/C19H17ClF3N3O2S/c1-2-26-17(13-4-3-5-14(20)10-13)24-25-18(26)29-11-16(27)12-6-8-15(9-7-12)28-19(21,22)23/h3-10,16,27H,2,11H2,1H3. The van der Waals surface area contributed by atoms with Gasteiger partial charge in [0.05, 0.1) is 6.10 Å². The van der Waals surface area contributed by atoms with Crippen LogP contribution in [-0.4, -0.2) is 32.0 Å². The van der Waals surface area contributed by atoms with Gasteiger partial charge < -0.3 is 14.4 Å². The van der Waals surface area contributed by atoms with E-state index >= 15 is 0 Å². The predicted octanol–water partition coefficient (Wildman–Crippen LogP) is 5.34. The molecule has 0 radical (unpaired) electrons. The fourth-order valence-corrected chi connectivity index (χ4v) is 3.82. The van der Waals surface area contributed by atoms with Gasteiger partial charge in [-0.1, -0.05) is 47.6 Å².